The standard InChI is InChI=1S/C23H16ClN3O2S2/c24-20-18-11-4-5-12-19(18)31-21(20)22(28)29-17-10-6-7-15(13-17)14-25-27-23(30)26-16-8-2-1-3-9-16/h1-14H,(H2,26,27,30)/b25-14+. The monoisotopic (exact) mass is 465 g/mol. The quantitative estimate of drug-likeness (QED) is 0.123. The summed E-state index contributed by atoms with van der Waals surface area (Å²) in [7, 11) is 0. The number of rotatable bonds is 5. The fourth-order valence-corrected chi connectivity index (χ4v) is 4.36. The molecule has 5 nitrogen and oxygen atoms in total. The topological polar surface area (TPSA) is 62.7 Å². The van der Waals surface area contributed by atoms with Crippen molar-refractivity contribution in [3.8, 4) is 5.75 Å². The Balaban J connectivity index is 1.39. The third-order valence-corrected chi connectivity index (χ3v) is 6.05. The molecule has 0 fully saturated rings. The molecule has 0 spiro atoms. The molecule has 2 N–H and O–H groups in total. The van der Waals surface area contributed by atoms with Crippen molar-refractivity contribution >= 4 is 68.2 Å². The first-order valence-electron chi connectivity index (χ1n) is 9.24. The van der Waals surface area contributed by atoms with Crippen molar-refractivity contribution in [2.75, 3.05) is 5.32 Å². The molecule has 154 valence electrons. The highest BCUT2D eigenvalue weighted by molar-refractivity contribution is 7.80. The predicted molar refractivity (Wildman–Crippen MR) is 132 cm³/mol. The molecule has 0 atom stereocenters. The van der Waals surface area contributed by atoms with Crippen LogP contribution in [0.2, 0.25) is 5.02 Å². The molecule has 8 heteroatoms. The van der Waals surface area contributed by atoms with Crippen molar-refractivity contribution < 1.29 is 9.53 Å². The van der Waals surface area contributed by atoms with E-state index in [-0.39, 0.29) is 0 Å². The third kappa shape index (κ3) is 5.27. The molecule has 0 bridgehead atoms. The van der Waals surface area contributed by atoms with Gasteiger partial charge in [0, 0.05) is 15.8 Å². The fourth-order valence-electron chi connectivity index (χ4n) is 2.80. The van der Waals surface area contributed by atoms with E-state index in [9.17, 15) is 4.79 Å². The van der Waals surface area contributed by atoms with E-state index < -0.39 is 5.97 Å². The lowest BCUT2D eigenvalue weighted by molar-refractivity contribution is 0.0740. The molecule has 0 aliphatic carbocycles. The summed E-state index contributed by atoms with van der Waals surface area (Å²) in [4.78, 5) is 13.0. The number of hydrazone groups is 1. The van der Waals surface area contributed by atoms with Gasteiger partial charge in [-0.1, -0.05) is 60.1 Å². The second-order valence-corrected chi connectivity index (χ2v) is 8.23. The van der Waals surface area contributed by atoms with E-state index >= 15 is 0 Å². The molecular weight excluding hydrogens is 450 g/mol. The number of nitrogens with one attached hydrogen (secondary N) is 2. The van der Waals surface area contributed by atoms with Crippen LogP contribution in [0.3, 0.4) is 0 Å². The molecule has 3 aromatic carbocycles. The van der Waals surface area contributed by atoms with Crippen molar-refractivity contribution in [2.24, 2.45) is 5.10 Å². The maximum Gasteiger partial charge on any atom is 0.355 e. The van der Waals surface area contributed by atoms with E-state index in [1.165, 1.54) is 11.3 Å². The van der Waals surface area contributed by atoms with Crippen LogP contribution in [0.25, 0.3) is 10.1 Å². The maximum atomic E-state index is 12.6. The Hall–Kier alpha value is -3.26. The maximum absolute atomic E-state index is 12.6. The Bertz CT molecular complexity index is 1270. The van der Waals surface area contributed by atoms with Crippen molar-refractivity contribution in [1.29, 1.82) is 0 Å². The van der Waals surface area contributed by atoms with Gasteiger partial charge in [-0.2, -0.15) is 5.10 Å². The number of ether oxygens (including phenoxy) is 1. The molecule has 0 amide bonds. The molecule has 0 unspecified atom stereocenters. The highest BCUT2D eigenvalue weighted by Crippen LogP contribution is 2.35. The Kier molecular flexibility index (Phi) is 6.57. The number of thiophene rings is 1. The number of para-hydroxylation sites is 1. The Labute approximate surface area is 193 Å². The number of nitrogens with zero attached hydrogens (tertiary/aromatic N) is 1. The third-order valence-electron chi connectivity index (χ3n) is 4.20. The van der Waals surface area contributed by atoms with Crippen LogP contribution in [-0.4, -0.2) is 17.3 Å². The lowest BCUT2D eigenvalue weighted by atomic mass is 10.2. The van der Waals surface area contributed by atoms with Crippen molar-refractivity contribution in [3.63, 3.8) is 0 Å². The normalized spacial score (nSPS) is 10.9. The van der Waals surface area contributed by atoms with Crippen molar-refractivity contribution in [2.45, 2.75) is 0 Å². The number of esters is 1. The number of thiocarbonyl (C=S) groups is 1. The van der Waals surface area contributed by atoms with E-state index in [1.54, 1.807) is 24.4 Å². The molecular formula is C23H16ClN3O2S2. The molecule has 4 aromatic rings. The zero-order valence-electron chi connectivity index (χ0n) is 16.0. The fraction of sp³-hybridized carbons (Fsp3) is 0. The molecule has 31 heavy (non-hydrogen) atoms. The summed E-state index contributed by atoms with van der Waals surface area (Å²) >= 11 is 12.9. The van der Waals surface area contributed by atoms with Crippen LogP contribution >= 0.6 is 35.2 Å². The first-order chi connectivity index (χ1) is 15.1. The minimum absolute atomic E-state index is 0.365. The average molecular weight is 466 g/mol. The second-order valence-electron chi connectivity index (χ2n) is 6.39. The van der Waals surface area contributed by atoms with Gasteiger partial charge in [0.2, 0.25) is 0 Å². The van der Waals surface area contributed by atoms with Crippen LogP contribution in [0, 0.1) is 0 Å². The highest BCUT2D eigenvalue weighted by Gasteiger charge is 2.19. The summed E-state index contributed by atoms with van der Waals surface area (Å²) in [5, 5.41) is 8.76. The zero-order valence-corrected chi connectivity index (χ0v) is 18.4. The van der Waals surface area contributed by atoms with Gasteiger partial charge in [0.25, 0.3) is 0 Å². The van der Waals surface area contributed by atoms with Crippen LogP contribution in [0.5, 0.6) is 5.75 Å². The van der Waals surface area contributed by atoms with E-state index in [2.05, 4.69) is 15.8 Å². The summed E-state index contributed by atoms with van der Waals surface area (Å²) in [6.45, 7) is 0. The summed E-state index contributed by atoms with van der Waals surface area (Å²) < 4.78 is 6.46. The Morgan fingerprint density at radius 3 is 2.61 bits per heavy atom. The molecule has 1 aromatic heterocycles. The van der Waals surface area contributed by atoms with E-state index in [4.69, 9.17) is 28.6 Å². The highest BCUT2D eigenvalue weighted by atomic mass is 35.5. The number of hydrogen-bond acceptors (Lipinski definition) is 5. The molecule has 0 aliphatic heterocycles. The number of anilines is 1. The Morgan fingerprint density at radius 2 is 1.81 bits per heavy atom. The summed E-state index contributed by atoms with van der Waals surface area (Å²) in [6, 6.07) is 24.2. The predicted octanol–water partition coefficient (Wildman–Crippen LogP) is 6.09. The first-order valence-corrected chi connectivity index (χ1v) is 10.8. The number of carbonyl (C=O) groups is 1. The number of fused-ring (bicyclic) bond motifs is 1. The number of carbonyl (C=O) groups excluding carboxylic acids is 1. The molecule has 4 rings (SSSR count). The van der Waals surface area contributed by atoms with Gasteiger partial charge in [0.05, 0.1) is 11.2 Å². The number of benzene rings is 3. The smallest absolute Gasteiger partial charge is 0.355 e. The first kappa shape index (κ1) is 21.0. The van der Waals surface area contributed by atoms with Gasteiger partial charge < -0.3 is 10.1 Å². The van der Waals surface area contributed by atoms with Gasteiger partial charge in [-0.05, 0) is 48.1 Å². The lowest BCUT2D eigenvalue weighted by Gasteiger charge is -2.06. The van der Waals surface area contributed by atoms with Gasteiger partial charge >= 0.3 is 5.97 Å². The van der Waals surface area contributed by atoms with Crippen LogP contribution in [0.1, 0.15) is 15.2 Å². The molecule has 0 aliphatic rings. The zero-order chi connectivity index (χ0) is 21.6. The lowest BCUT2D eigenvalue weighted by Crippen LogP contribution is -2.23. The Morgan fingerprint density at radius 1 is 1.03 bits per heavy atom. The van der Waals surface area contributed by atoms with Crippen LogP contribution < -0.4 is 15.5 Å². The van der Waals surface area contributed by atoms with Gasteiger partial charge in [-0.25, -0.2) is 4.79 Å². The number of halogens is 1. The second kappa shape index (κ2) is 9.70. The SMILES string of the molecule is O=C(Oc1cccc(/C=N/NC(=S)Nc2ccccc2)c1)c1sc2ccccc2c1Cl. The van der Waals surface area contributed by atoms with Gasteiger partial charge in [0.15, 0.2) is 5.11 Å². The van der Waals surface area contributed by atoms with Gasteiger partial charge in [0.1, 0.15) is 10.6 Å². The van der Waals surface area contributed by atoms with Crippen LogP contribution in [-0.2, 0) is 0 Å². The largest absolute Gasteiger partial charge is 0.422 e. The van der Waals surface area contributed by atoms with Crippen molar-refractivity contribution in [1.82, 2.24) is 5.43 Å². The van der Waals surface area contributed by atoms with Gasteiger partial charge in [-0.3, -0.25) is 5.43 Å². The molecule has 0 saturated carbocycles. The minimum Gasteiger partial charge on any atom is -0.422 e. The minimum atomic E-state index is -0.494. The van der Waals surface area contributed by atoms with Crippen molar-refractivity contribution in [3.05, 3.63) is 94.3 Å². The summed E-state index contributed by atoms with van der Waals surface area (Å²) in [6.07, 6.45) is 1.59. The van der Waals surface area contributed by atoms with E-state index in [0.717, 1.165) is 21.3 Å². The van der Waals surface area contributed by atoms with Crippen LogP contribution in [0.4, 0.5) is 5.69 Å². The molecule has 0 radical (unpaired) electrons. The molecule has 1 heterocycles. The van der Waals surface area contributed by atoms with Gasteiger partial charge in [-0.15, -0.1) is 11.3 Å². The van der Waals surface area contributed by atoms with E-state index in [1.807, 2.05) is 60.7 Å². The summed E-state index contributed by atoms with van der Waals surface area (Å²) in [5.74, 6) is -0.0980. The average Bonchev–Trinajstić information content (AvgIpc) is 3.12. The molecule has 0 saturated heterocycles. The van der Waals surface area contributed by atoms with E-state index in [0.29, 0.717) is 20.8 Å². The number of hydrogen-bond donors (Lipinski definition) is 2. The van der Waals surface area contributed by atoms with Crippen LogP contribution in [0.15, 0.2) is 84.0 Å². The summed E-state index contributed by atoms with van der Waals surface area (Å²) in [5.41, 5.74) is 4.36.